The lowest BCUT2D eigenvalue weighted by Gasteiger charge is -2.29. The molecular weight excluding hydrogens is 345 g/mol. The van der Waals surface area contributed by atoms with E-state index in [9.17, 15) is 19.1 Å². The molecule has 1 aromatic carbocycles. The predicted octanol–water partition coefficient (Wildman–Crippen LogP) is 3.41. The van der Waals surface area contributed by atoms with E-state index >= 15 is 0 Å². The Labute approximate surface area is 130 Å². The second kappa shape index (κ2) is 6.01. The minimum absolute atomic E-state index is 0.163. The molecule has 1 rings (SSSR count). The molecule has 0 aromatic heterocycles. The summed E-state index contributed by atoms with van der Waals surface area (Å²) in [6, 6.07) is 3.93. The molecular formula is C14H17BrFNO4. The minimum atomic E-state index is -1.94. The van der Waals surface area contributed by atoms with Crippen molar-refractivity contribution in [3.05, 3.63) is 34.1 Å². The molecule has 0 aliphatic rings. The highest BCUT2D eigenvalue weighted by Crippen LogP contribution is 2.27. The molecule has 21 heavy (non-hydrogen) atoms. The topological polar surface area (TPSA) is 75.6 Å². The second-order valence-corrected chi connectivity index (χ2v) is 6.60. The number of carboxylic acids is 1. The van der Waals surface area contributed by atoms with Gasteiger partial charge in [-0.1, -0.05) is 22.0 Å². The van der Waals surface area contributed by atoms with Gasteiger partial charge >= 0.3 is 12.1 Å². The van der Waals surface area contributed by atoms with E-state index in [1.807, 2.05) is 0 Å². The molecule has 1 unspecified atom stereocenters. The van der Waals surface area contributed by atoms with Crippen molar-refractivity contribution in [2.75, 3.05) is 0 Å². The molecule has 2 N–H and O–H groups in total. The lowest BCUT2D eigenvalue weighted by Crippen LogP contribution is -2.51. The zero-order valence-corrected chi connectivity index (χ0v) is 13.7. The summed E-state index contributed by atoms with van der Waals surface area (Å²) < 4.78 is 19.5. The average molecular weight is 362 g/mol. The van der Waals surface area contributed by atoms with E-state index in [2.05, 4.69) is 21.2 Å². The lowest BCUT2D eigenvalue weighted by molar-refractivity contribution is -0.144. The van der Waals surface area contributed by atoms with Crippen LogP contribution in [-0.2, 0) is 15.1 Å². The van der Waals surface area contributed by atoms with Gasteiger partial charge in [0.25, 0.3) is 0 Å². The third kappa shape index (κ3) is 4.42. The van der Waals surface area contributed by atoms with E-state index in [1.165, 1.54) is 19.1 Å². The van der Waals surface area contributed by atoms with Crippen LogP contribution in [0, 0.1) is 5.82 Å². The fourth-order valence-corrected chi connectivity index (χ4v) is 1.97. The SMILES string of the molecule is CC(C)(C)OC(=O)NC(C)(C(=O)O)c1ccc(Br)cc1F. The fourth-order valence-electron chi connectivity index (χ4n) is 1.64. The third-order valence-corrected chi connectivity index (χ3v) is 3.14. The summed E-state index contributed by atoms with van der Waals surface area (Å²) in [5, 5.41) is 11.6. The van der Waals surface area contributed by atoms with Crippen molar-refractivity contribution < 1.29 is 23.8 Å². The molecule has 5 nitrogen and oxygen atoms in total. The normalized spacial score (nSPS) is 14.2. The van der Waals surface area contributed by atoms with E-state index in [-0.39, 0.29) is 5.56 Å². The van der Waals surface area contributed by atoms with Gasteiger partial charge in [-0.2, -0.15) is 0 Å². The van der Waals surface area contributed by atoms with Crippen molar-refractivity contribution in [3.63, 3.8) is 0 Å². The molecule has 0 radical (unpaired) electrons. The highest BCUT2D eigenvalue weighted by atomic mass is 79.9. The smallest absolute Gasteiger partial charge is 0.408 e. The molecule has 7 heteroatoms. The number of carbonyl (C=O) groups is 2. The zero-order valence-electron chi connectivity index (χ0n) is 12.2. The minimum Gasteiger partial charge on any atom is -0.479 e. The number of hydrogen-bond acceptors (Lipinski definition) is 3. The summed E-state index contributed by atoms with van der Waals surface area (Å²) in [6.07, 6.45) is -0.935. The number of hydrogen-bond donors (Lipinski definition) is 2. The molecule has 1 aromatic rings. The van der Waals surface area contributed by atoms with Gasteiger partial charge in [0.2, 0.25) is 0 Å². The number of ether oxygens (including phenoxy) is 1. The van der Waals surface area contributed by atoms with Gasteiger partial charge in [0.15, 0.2) is 5.54 Å². The van der Waals surface area contributed by atoms with Crippen molar-refractivity contribution in [3.8, 4) is 0 Å². The molecule has 1 amide bonds. The van der Waals surface area contributed by atoms with E-state index in [0.29, 0.717) is 4.47 Å². The van der Waals surface area contributed by atoms with E-state index < -0.39 is 29.0 Å². The maximum Gasteiger partial charge on any atom is 0.408 e. The second-order valence-electron chi connectivity index (χ2n) is 5.68. The Morgan fingerprint density at radius 2 is 1.86 bits per heavy atom. The van der Waals surface area contributed by atoms with Gasteiger partial charge in [-0.05, 0) is 39.8 Å². The monoisotopic (exact) mass is 361 g/mol. The van der Waals surface area contributed by atoms with Crippen molar-refractivity contribution in [2.45, 2.75) is 38.8 Å². The molecule has 0 spiro atoms. The number of alkyl carbamates (subject to hydrolysis) is 1. The molecule has 0 saturated carbocycles. The van der Waals surface area contributed by atoms with Gasteiger partial charge in [0.05, 0.1) is 0 Å². The third-order valence-electron chi connectivity index (χ3n) is 2.65. The standard InChI is InChI=1S/C14H17BrFNO4/c1-13(2,3)21-12(20)17-14(4,11(18)19)9-6-5-8(15)7-10(9)16/h5-7H,1-4H3,(H,17,20)(H,18,19). The average Bonchev–Trinajstić information content (AvgIpc) is 2.24. The quantitative estimate of drug-likeness (QED) is 0.864. The summed E-state index contributed by atoms with van der Waals surface area (Å²) in [7, 11) is 0. The summed E-state index contributed by atoms with van der Waals surface area (Å²) in [6.45, 7) is 6.13. The Morgan fingerprint density at radius 1 is 1.29 bits per heavy atom. The number of benzene rings is 1. The molecule has 1 atom stereocenters. The van der Waals surface area contributed by atoms with Crippen molar-refractivity contribution >= 4 is 28.0 Å². The molecule has 0 heterocycles. The van der Waals surface area contributed by atoms with Crippen LogP contribution < -0.4 is 5.32 Å². The largest absolute Gasteiger partial charge is 0.479 e. The maximum absolute atomic E-state index is 14.0. The van der Waals surface area contributed by atoms with Crippen LogP contribution >= 0.6 is 15.9 Å². The van der Waals surface area contributed by atoms with Crippen LogP contribution in [0.15, 0.2) is 22.7 Å². The molecule has 0 aliphatic heterocycles. The molecule has 0 saturated heterocycles. The number of nitrogens with one attached hydrogen (secondary N) is 1. The van der Waals surface area contributed by atoms with Gasteiger partial charge in [0.1, 0.15) is 11.4 Å². The van der Waals surface area contributed by atoms with E-state index in [0.717, 1.165) is 6.07 Å². The summed E-state index contributed by atoms with van der Waals surface area (Å²) >= 11 is 3.09. The molecule has 0 aliphatic carbocycles. The number of carbonyl (C=O) groups excluding carboxylic acids is 1. The van der Waals surface area contributed by atoms with Gasteiger partial charge in [0, 0.05) is 10.0 Å². The Kier molecular flexibility index (Phi) is 4.99. The number of carboxylic acid groups (broad SMARTS) is 1. The highest BCUT2D eigenvalue weighted by Gasteiger charge is 2.40. The van der Waals surface area contributed by atoms with Gasteiger partial charge in [-0.15, -0.1) is 0 Å². The lowest BCUT2D eigenvalue weighted by atomic mass is 9.92. The predicted molar refractivity (Wildman–Crippen MR) is 78.5 cm³/mol. The Morgan fingerprint density at radius 3 is 2.29 bits per heavy atom. The van der Waals surface area contributed by atoms with Gasteiger partial charge in [-0.3, -0.25) is 0 Å². The Hall–Kier alpha value is -1.63. The van der Waals surface area contributed by atoms with Crippen LogP contribution in [0.5, 0.6) is 0 Å². The summed E-state index contributed by atoms with van der Waals surface area (Å²) in [5.74, 6) is -2.14. The number of amides is 1. The zero-order chi connectivity index (χ0) is 16.4. The van der Waals surface area contributed by atoms with Crippen molar-refractivity contribution in [1.29, 1.82) is 0 Å². The first-order chi connectivity index (χ1) is 9.45. The summed E-state index contributed by atoms with van der Waals surface area (Å²) in [5.41, 5.74) is -2.89. The van der Waals surface area contributed by atoms with Crippen LogP contribution in [0.25, 0.3) is 0 Å². The van der Waals surface area contributed by atoms with Crippen molar-refractivity contribution in [1.82, 2.24) is 5.32 Å². The van der Waals surface area contributed by atoms with Crippen molar-refractivity contribution in [2.24, 2.45) is 0 Å². The van der Waals surface area contributed by atoms with Gasteiger partial charge < -0.3 is 15.2 Å². The first-order valence-corrected chi connectivity index (χ1v) is 6.95. The summed E-state index contributed by atoms with van der Waals surface area (Å²) in [4.78, 5) is 23.3. The molecule has 0 fully saturated rings. The van der Waals surface area contributed by atoms with Gasteiger partial charge in [-0.25, -0.2) is 14.0 Å². The maximum atomic E-state index is 14.0. The van der Waals surface area contributed by atoms with E-state index in [4.69, 9.17) is 4.74 Å². The van der Waals surface area contributed by atoms with Crippen LogP contribution in [0.3, 0.4) is 0 Å². The van der Waals surface area contributed by atoms with E-state index in [1.54, 1.807) is 20.8 Å². The van der Waals surface area contributed by atoms with Crippen LogP contribution in [0.4, 0.5) is 9.18 Å². The Bertz CT molecular complexity index is 571. The van der Waals surface area contributed by atoms with Crippen LogP contribution in [0.1, 0.15) is 33.3 Å². The number of aliphatic carboxylic acids is 1. The molecule has 0 bridgehead atoms. The highest BCUT2D eigenvalue weighted by molar-refractivity contribution is 9.10. The Balaban J connectivity index is 3.15. The fraction of sp³-hybridized carbons (Fsp3) is 0.429. The van der Waals surface area contributed by atoms with Crippen LogP contribution in [0.2, 0.25) is 0 Å². The molecule has 116 valence electrons. The first-order valence-electron chi connectivity index (χ1n) is 6.16. The van der Waals surface area contributed by atoms with Crippen LogP contribution in [-0.4, -0.2) is 22.8 Å². The number of rotatable bonds is 3. The first kappa shape index (κ1) is 17.4. The number of halogens is 2.